The number of para-hydroxylation sites is 1. The van der Waals surface area contributed by atoms with Crippen LogP contribution in [0.4, 0.5) is 5.69 Å². The predicted molar refractivity (Wildman–Crippen MR) is 94.5 cm³/mol. The van der Waals surface area contributed by atoms with Gasteiger partial charge in [-0.15, -0.1) is 24.0 Å². The molecule has 3 N–H and O–H groups in total. The van der Waals surface area contributed by atoms with Crippen molar-refractivity contribution in [3.63, 3.8) is 0 Å². The van der Waals surface area contributed by atoms with E-state index in [4.69, 9.17) is 5.73 Å². The third-order valence-electron chi connectivity index (χ3n) is 2.58. The molecule has 1 rings (SSSR count). The first-order chi connectivity index (χ1) is 8.59. The molecule has 1 aromatic rings. The summed E-state index contributed by atoms with van der Waals surface area (Å²) in [6.45, 7) is 6.70. The van der Waals surface area contributed by atoms with Gasteiger partial charge >= 0.3 is 0 Å². The average Bonchev–Trinajstić information content (AvgIpc) is 2.37. The number of halogens is 1. The first kappa shape index (κ1) is 18.0. The minimum Gasteiger partial charge on any atom is -0.373 e. The Hall–Kier alpha value is -0.980. The second-order valence-electron chi connectivity index (χ2n) is 4.80. The standard InChI is InChI=1S/C14H24N4.HI/c1-12(2)11-17-14(15)16-9-10-18(3)13-7-5-4-6-8-13;/h4-8,12H,9-11H2,1-3H3,(H3,15,16,17);1H. The molecule has 1 aromatic carbocycles. The van der Waals surface area contributed by atoms with Crippen LogP contribution in [0.3, 0.4) is 0 Å². The van der Waals surface area contributed by atoms with Crippen LogP contribution >= 0.6 is 24.0 Å². The van der Waals surface area contributed by atoms with Gasteiger partial charge in [-0.2, -0.15) is 0 Å². The molecule has 0 amide bonds. The first-order valence-corrected chi connectivity index (χ1v) is 6.39. The first-order valence-electron chi connectivity index (χ1n) is 6.39. The second kappa shape index (κ2) is 9.89. The summed E-state index contributed by atoms with van der Waals surface area (Å²) in [6.07, 6.45) is 0. The molecule has 5 heteroatoms. The van der Waals surface area contributed by atoms with Gasteiger partial charge in [-0.25, -0.2) is 0 Å². The normalized spacial score (nSPS) is 11.1. The lowest BCUT2D eigenvalue weighted by atomic mass is 10.2. The molecule has 0 aliphatic carbocycles. The number of hydrogen-bond acceptors (Lipinski definition) is 2. The second-order valence-corrected chi connectivity index (χ2v) is 4.80. The van der Waals surface area contributed by atoms with E-state index in [2.05, 4.69) is 48.2 Å². The maximum Gasteiger partial charge on any atom is 0.188 e. The van der Waals surface area contributed by atoms with Crippen molar-refractivity contribution in [2.24, 2.45) is 16.6 Å². The predicted octanol–water partition coefficient (Wildman–Crippen LogP) is 2.30. The van der Waals surface area contributed by atoms with Crippen LogP contribution in [0.2, 0.25) is 0 Å². The maximum absolute atomic E-state index is 5.77. The average molecular weight is 376 g/mol. The Morgan fingerprint density at radius 1 is 1.32 bits per heavy atom. The van der Waals surface area contributed by atoms with Gasteiger partial charge in [-0.3, -0.25) is 4.99 Å². The van der Waals surface area contributed by atoms with Gasteiger partial charge in [0.1, 0.15) is 0 Å². The highest BCUT2D eigenvalue weighted by molar-refractivity contribution is 14.0. The number of guanidine groups is 1. The van der Waals surface area contributed by atoms with Crippen molar-refractivity contribution < 1.29 is 0 Å². The van der Waals surface area contributed by atoms with E-state index in [1.165, 1.54) is 5.69 Å². The number of nitrogens with two attached hydrogens (primary N) is 1. The molecule has 0 atom stereocenters. The van der Waals surface area contributed by atoms with Crippen molar-refractivity contribution in [3.05, 3.63) is 30.3 Å². The fourth-order valence-electron chi connectivity index (χ4n) is 1.50. The third-order valence-corrected chi connectivity index (χ3v) is 2.58. The number of hydrogen-bond donors (Lipinski definition) is 2. The van der Waals surface area contributed by atoms with Crippen molar-refractivity contribution in [1.29, 1.82) is 0 Å². The summed E-state index contributed by atoms with van der Waals surface area (Å²) in [5.41, 5.74) is 6.97. The van der Waals surface area contributed by atoms with Crippen LogP contribution in [0.5, 0.6) is 0 Å². The van der Waals surface area contributed by atoms with Crippen molar-refractivity contribution in [2.45, 2.75) is 13.8 Å². The summed E-state index contributed by atoms with van der Waals surface area (Å²) in [7, 11) is 2.07. The van der Waals surface area contributed by atoms with E-state index < -0.39 is 0 Å². The molecule has 0 heterocycles. The summed E-state index contributed by atoms with van der Waals surface area (Å²) in [5.74, 6) is 1.07. The van der Waals surface area contributed by atoms with Crippen molar-refractivity contribution in [3.8, 4) is 0 Å². The molecule has 0 bridgehead atoms. The van der Waals surface area contributed by atoms with Gasteiger partial charge < -0.3 is 16.0 Å². The molecule has 0 radical (unpaired) electrons. The van der Waals surface area contributed by atoms with Crippen molar-refractivity contribution in [2.75, 3.05) is 31.6 Å². The molecule has 4 nitrogen and oxygen atoms in total. The molecule has 0 aromatic heterocycles. The molecular formula is C14H25IN4. The molecule has 108 valence electrons. The Kier molecular flexibility index (Phi) is 9.38. The van der Waals surface area contributed by atoms with Gasteiger partial charge in [-0.1, -0.05) is 32.0 Å². The topological polar surface area (TPSA) is 53.6 Å². The van der Waals surface area contributed by atoms with E-state index in [-0.39, 0.29) is 24.0 Å². The highest BCUT2D eigenvalue weighted by atomic mass is 127. The van der Waals surface area contributed by atoms with Crippen LogP contribution in [0.25, 0.3) is 0 Å². The van der Waals surface area contributed by atoms with E-state index in [0.29, 0.717) is 11.9 Å². The van der Waals surface area contributed by atoms with Gasteiger partial charge in [0.15, 0.2) is 5.96 Å². The summed E-state index contributed by atoms with van der Waals surface area (Å²) in [5, 5.41) is 3.12. The summed E-state index contributed by atoms with van der Waals surface area (Å²) in [4.78, 5) is 6.44. The Morgan fingerprint density at radius 3 is 2.53 bits per heavy atom. The third kappa shape index (κ3) is 7.92. The van der Waals surface area contributed by atoms with Gasteiger partial charge in [-0.05, 0) is 18.1 Å². The zero-order valence-electron chi connectivity index (χ0n) is 12.0. The number of rotatable bonds is 6. The van der Waals surface area contributed by atoms with Gasteiger partial charge in [0.2, 0.25) is 0 Å². The molecule has 0 aliphatic heterocycles. The molecule has 0 saturated heterocycles. The number of nitrogens with one attached hydrogen (secondary N) is 1. The van der Waals surface area contributed by atoms with Gasteiger partial charge in [0.05, 0.1) is 0 Å². The SMILES string of the molecule is CC(C)CN=C(N)NCCN(C)c1ccccc1.I. The summed E-state index contributed by atoms with van der Waals surface area (Å²) in [6, 6.07) is 10.3. The van der Waals surface area contributed by atoms with Crippen LogP contribution < -0.4 is 16.0 Å². The summed E-state index contributed by atoms with van der Waals surface area (Å²) >= 11 is 0. The van der Waals surface area contributed by atoms with Gasteiger partial charge in [0.25, 0.3) is 0 Å². The smallest absolute Gasteiger partial charge is 0.188 e. The molecule has 0 fully saturated rings. The Morgan fingerprint density at radius 2 is 1.95 bits per heavy atom. The number of benzene rings is 1. The molecule has 0 aliphatic rings. The van der Waals surface area contributed by atoms with Crippen molar-refractivity contribution in [1.82, 2.24) is 5.32 Å². The maximum atomic E-state index is 5.77. The van der Waals surface area contributed by atoms with Crippen molar-refractivity contribution >= 4 is 35.6 Å². The van der Waals surface area contributed by atoms with E-state index in [0.717, 1.165) is 19.6 Å². The highest BCUT2D eigenvalue weighted by Gasteiger charge is 1.99. The minimum absolute atomic E-state index is 0. The fourth-order valence-corrected chi connectivity index (χ4v) is 1.50. The lowest BCUT2D eigenvalue weighted by Crippen LogP contribution is -2.37. The van der Waals surface area contributed by atoms with Gasteiger partial charge in [0, 0.05) is 32.4 Å². The Bertz CT molecular complexity index is 365. The van der Waals surface area contributed by atoms with E-state index in [9.17, 15) is 0 Å². The monoisotopic (exact) mass is 376 g/mol. The quantitative estimate of drug-likeness (QED) is 0.455. The lowest BCUT2D eigenvalue weighted by molar-refractivity contribution is 0.661. The van der Waals surface area contributed by atoms with E-state index in [1.807, 2.05) is 18.2 Å². The number of anilines is 1. The fraction of sp³-hybridized carbons (Fsp3) is 0.500. The zero-order chi connectivity index (χ0) is 13.4. The van der Waals surface area contributed by atoms with E-state index >= 15 is 0 Å². The van der Waals surface area contributed by atoms with Crippen LogP contribution in [0.1, 0.15) is 13.8 Å². The number of likely N-dealkylation sites (N-methyl/N-ethyl adjacent to an activating group) is 1. The Balaban J connectivity index is 0.00000324. The highest BCUT2D eigenvalue weighted by Crippen LogP contribution is 2.09. The molecule has 0 unspecified atom stereocenters. The molecular weight excluding hydrogens is 351 g/mol. The molecule has 0 saturated carbocycles. The Labute approximate surface area is 133 Å². The number of aliphatic imine (C=N–C) groups is 1. The number of nitrogens with zero attached hydrogens (tertiary/aromatic N) is 2. The summed E-state index contributed by atoms with van der Waals surface area (Å²) < 4.78 is 0. The molecule has 0 spiro atoms. The molecule has 19 heavy (non-hydrogen) atoms. The lowest BCUT2D eigenvalue weighted by Gasteiger charge is -2.19. The largest absolute Gasteiger partial charge is 0.373 e. The van der Waals surface area contributed by atoms with Crippen LogP contribution in [0, 0.1) is 5.92 Å². The minimum atomic E-state index is 0. The van der Waals surface area contributed by atoms with E-state index in [1.54, 1.807) is 0 Å². The van der Waals surface area contributed by atoms with Crippen LogP contribution in [0.15, 0.2) is 35.3 Å². The van der Waals surface area contributed by atoms with Crippen LogP contribution in [-0.2, 0) is 0 Å². The zero-order valence-corrected chi connectivity index (χ0v) is 14.3. The van der Waals surface area contributed by atoms with Crippen LogP contribution in [-0.4, -0.2) is 32.6 Å².